The van der Waals surface area contributed by atoms with E-state index in [4.69, 9.17) is 4.74 Å². The minimum atomic E-state index is -0.789. The van der Waals surface area contributed by atoms with E-state index in [2.05, 4.69) is 20.8 Å². The Morgan fingerprint density at radius 2 is 2.27 bits per heavy atom. The van der Waals surface area contributed by atoms with Gasteiger partial charge in [0.15, 0.2) is 0 Å². The van der Waals surface area contributed by atoms with Crippen molar-refractivity contribution in [3.63, 3.8) is 0 Å². The van der Waals surface area contributed by atoms with Crippen molar-refractivity contribution >= 4 is 40.1 Å². The number of hydrogen-bond acceptors (Lipinski definition) is 7. The molecular weight excluding hydrogens is 365 g/mol. The summed E-state index contributed by atoms with van der Waals surface area (Å²) in [7, 11) is 0. The summed E-state index contributed by atoms with van der Waals surface area (Å²) in [5.74, 6) is -1.70. The molecular formula is C15H14FN5O4S. The van der Waals surface area contributed by atoms with Gasteiger partial charge in [0.25, 0.3) is 5.91 Å². The van der Waals surface area contributed by atoms with E-state index in [1.165, 1.54) is 29.5 Å². The number of hydrogen-bond donors (Lipinski definition) is 2. The molecule has 3 rings (SSSR count). The second-order valence-electron chi connectivity index (χ2n) is 5.42. The molecule has 0 bridgehead atoms. The van der Waals surface area contributed by atoms with Crippen molar-refractivity contribution in [1.29, 1.82) is 0 Å². The molecule has 0 saturated carbocycles. The smallest absolute Gasteiger partial charge is 0.414 e. The van der Waals surface area contributed by atoms with E-state index >= 15 is 0 Å². The molecule has 0 unspecified atom stereocenters. The molecule has 2 N–H and O–H groups in total. The average molecular weight is 379 g/mol. The number of aromatic nitrogens is 2. The van der Waals surface area contributed by atoms with Crippen LogP contribution in [0.1, 0.15) is 17.3 Å². The highest BCUT2D eigenvalue weighted by Gasteiger charge is 2.33. The number of nitrogens with zero attached hydrogens (tertiary/aromatic N) is 3. The zero-order chi connectivity index (χ0) is 18.7. The van der Waals surface area contributed by atoms with Gasteiger partial charge in [0.1, 0.15) is 17.4 Å². The summed E-state index contributed by atoms with van der Waals surface area (Å²) in [6, 6.07) is 3.80. The van der Waals surface area contributed by atoms with Crippen LogP contribution >= 0.6 is 11.3 Å². The van der Waals surface area contributed by atoms with Crippen LogP contribution in [-0.4, -0.2) is 47.3 Å². The Labute approximate surface area is 151 Å². The Hall–Kier alpha value is -3.08. The fraction of sp³-hybridized carbons (Fsp3) is 0.267. The maximum Gasteiger partial charge on any atom is 0.414 e. The summed E-state index contributed by atoms with van der Waals surface area (Å²) in [5, 5.41) is 12.5. The molecule has 26 heavy (non-hydrogen) atoms. The predicted octanol–water partition coefficient (Wildman–Crippen LogP) is 1.39. The highest BCUT2D eigenvalue weighted by Crippen LogP contribution is 2.24. The van der Waals surface area contributed by atoms with Gasteiger partial charge in [-0.3, -0.25) is 19.8 Å². The van der Waals surface area contributed by atoms with Crippen LogP contribution in [0, 0.1) is 5.82 Å². The number of carbonyl (C=O) groups excluding carboxylic acids is 3. The van der Waals surface area contributed by atoms with Gasteiger partial charge in [-0.1, -0.05) is 11.3 Å². The van der Waals surface area contributed by atoms with E-state index in [0.717, 1.165) is 17.4 Å². The third kappa shape index (κ3) is 3.94. The highest BCUT2D eigenvalue weighted by atomic mass is 32.1. The van der Waals surface area contributed by atoms with Crippen molar-refractivity contribution in [2.45, 2.75) is 13.0 Å². The lowest BCUT2D eigenvalue weighted by molar-refractivity contribution is -0.119. The lowest BCUT2D eigenvalue weighted by Crippen LogP contribution is -2.33. The Kier molecular flexibility index (Phi) is 5.07. The number of amides is 3. The summed E-state index contributed by atoms with van der Waals surface area (Å²) in [6.45, 7) is 1.69. The van der Waals surface area contributed by atoms with E-state index in [0.29, 0.717) is 0 Å². The van der Waals surface area contributed by atoms with Crippen LogP contribution in [0.25, 0.3) is 0 Å². The van der Waals surface area contributed by atoms with Crippen LogP contribution in [0.4, 0.5) is 20.0 Å². The zero-order valence-corrected chi connectivity index (χ0v) is 14.4. The van der Waals surface area contributed by atoms with Crippen molar-refractivity contribution in [1.82, 2.24) is 15.5 Å². The molecule has 1 atom stereocenters. The number of carbonyl (C=O) groups is 3. The molecule has 1 saturated heterocycles. The fourth-order valence-corrected chi connectivity index (χ4v) is 2.78. The third-order valence-corrected chi connectivity index (χ3v) is 4.15. The maximum atomic E-state index is 14.3. The average Bonchev–Trinajstić information content (AvgIpc) is 3.22. The van der Waals surface area contributed by atoms with Crippen molar-refractivity contribution in [2.75, 3.05) is 23.3 Å². The van der Waals surface area contributed by atoms with Gasteiger partial charge in [0, 0.05) is 6.92 Å². The summed E-state index contributed by atoms with van der Waals surface area (Å²) in [4.78, 5) is 36.2. The predicted molar refractivity (Wildman–Crippen MR) is 90.6 cm³/mol. The second kappa shape index (κ2) is 7.44. The van der Waals surface area contributed by atoms with Crippen LogP contribution in [0.2, 0.25) is 0 Å². The topological polar surface area (TPSA) is 114 Å². The minimum absolute atomic E-state index is 0.162. The summed E-state index contributed by atoms with van der Waals surface area (Å²) >= 11 is 1.11. The maximum absolute atomic E-state index is 14.3. The first-order valence-electron chi connectivity index (χ1n) is 7.53. The van der Waals surface area contributed by atoms with E-state index in [1.54, 1.807) is 0 Å². The first-order valence-corrected chi connectivity index (χ1v) is 8.41. The molecule has 1 fully saturated rings. The first-order chi connectivity index (χ1) is 12.4. The van der Waals surface area contributed by atoms with Gasteiger partial charge in [0.2, 0.25) is 11.0 Å². The molecule has 1 aromatic carbocycles. The third-order valence-electron chi connectivity index (χ3n) is 3.54. The molecule has 1 aliphatic rings. The number of anilines is 2. The quantitative estimate of drug-likeness (QED) is 0.812. The second-order valence-corrected chi connectivity index (χ2v) is 6.25. The Bertz CT molecular complexity index is 845. The molecule has 11 heteroatoms. The molecule has 9 nitrogen and oxygen atoms in total. The largest absolute Gasteiger partial charge is 0.442 e. The van der Waals surface area contributed by atoms with Gasteiger partial charge in [-0.15, -0.1) is 10.2 Å². The standard InChI is InChI=1S/C15H14FN5O4S/c1-8(22)17-5-10-6-21(15(24)25-10)9-2-3-11(12(16)4-9)13(23)19-14-20-18-7-26-14/h2-4,7,10H,5-6H2,1H3,(H,17,22)(H,19,20,23)/t10-/m0/s1. The summed E-state index contributed by atoms with van der Waals surface area (Å²) in [5.41, 5.74) is 1.50. The van der Waals surface area contributed by atoms with E-state index < -0.39 is 23.9 Å². The molecule has 0 aliphatic carbocycles. The van der Waals surface area contributed by atoms with Crippen molar-refractivity contribution in [2.24, 2.45) is 0 Å². The van der Waals surface area contributed by atoms with Crippen molar-refractivity contribution in [3.8, 4) is 0 Å². The minimum Gasteiger partial charge on any atom is -0.442 e. The molecule has 1 aromatic heterocycles. The van der Waals surface area contributed by atoms with Gasteiger partial charge in [-0.25, -0.2) is 9.18 Å². The van der Waals surface area contributed by atoms with Crippen LogP contribution < -0.4 is 15.5 Å². The molecule has 1 aliphatic heterocycles. The number of rotatable bonds is 5. The van der Waals surface area contributed by atoms with Crippen molar-refractivity contribution in [3.05, 3.63) is 35.1 Å². The lowest BCUT2D eigenvalue weighted by Gasteiger charge is -2.14. The van der Waals surface area contributed by atoms with Crippen molar-refractivity contribution < 1.29 is 23.5 Å². The van der Waals surface area contributed by atoms with Gasteiger partial charge in [-0.05, 0) is 18.2 Å². The van der Waals surface area contributed by atoms with Gasteiger partial charge >= 0.3 is 6.09 Å². The monoisotopic (exact) mass is 379 g/mol. The molecule has 136 valence electrons. The Morgan fingerprint density at radius 3 is 2.92 bits per heavy atom. The van der Waals surface area contributed by atoms with E-state index in [9.17, 15) is 18.8 Å². The first kappa shape index (κ1) is 17.7. The lowest BCUT2D eigenvalue weighted by atomic mass is 10.1. The molecule has 0 radical (unpaired) electrons. The molecule has 2 heterocycles. The summed E-state index contributed by atoms with van der Waals surface area (Å²) < 4.78 is 19.5. The zero-order valence-electron chi connectivity index (χ0n) is 13.6. The van der Waals surface area contributed by atoms with E-state index in [1.807, 2.05) is 0 Å². The highest BCUT2D eigenvalue weighted by molar-refractivity contribution is 7.13. The Morgan fingerprint density at radius 1 is 1.46 bits per heavy atom. The van der Waals surface area contributed by atoms with E-state index in [-0.39, 0.29) is 35.4 Å². The molecule has 0 spiro atoms. The van der Waals surface area contributed by atoms with Crippen LogP contribution in [0.5, 0.6) is 0 Å². The SMILES string of the molecule is CC(=O)NC[C@H]1CN(c2ccc(C(=O)Nc3nncs3)c(F)c2)C(=O)O1. The number of nitrogens with one attached hydrogen (secondary N) is 2. The van der Waals surface area contributed by atoms with Crippen LogP contribution in [0.15, 0.2) is 23.7 Å². The number of benzene rings is 1. The number of halogens is 1. The van der Waals surface area contributed by atoms with Gasteiger partial charge in [-0.2, -0.15) is 0 Å². The van der Waals surface area contributed by atoms with Crippen LogP contribution in [0.3, 0.4) is 0 Å². The van der Waals surface area contributed by atoms with Gasteiger partial charge < -0.3 is 10.1 Å². The summed E-state index contributed by atoms with van der Waals surface area (Å²) in [6.07, 6.45) is -1.18. The Balaban J connectivity index is 1.70. The molecule has 2 aromatic rings. The van der Waals surface area contributed by atoms with Gasteiger partial charge in [0.05, 0.1) is 24.3 Å². The van der Waals surface area contributed by atoms with Crippen LogP contribution in [-0.2, 0) is 9.53 Å². The number of ether oxygens (including phenoxy) is 1. The number of cyclic esters (lactones) is 1. The normalized spacial score (nSPS) is 16.3. The molecule has 3 amide bonds. The fourth-order valence-electron chi connectivity index (χ4n) is 2.34.